The number of carbonyl (C=O) groups is 2. The summed E-state index contributed by atoms with van der Waals surface area (Å²) in [6, 6.07) is 7.32. The van der Waals surface area contributed by atoms with E-state index in [0.717, 1.165) is 30.6 Å². The van der Waals surface area contributed by atoms with Crippen molar-refractivity contribution in [3.8, 4) is 0 Å². The molecule has 1 saturated heterocycles. The third-order valence-electron chi connectivity index (χ3n) is 4.87. The minimum atomic E-state index is -0.212. The van der Waals surface area contributed by atoms with Crippen molar-refractivity contribution in [1.82, 2.24) is 10.2 Å². The zero-order chi connectivity index (χ0) is 18.4. The molecule has 6 nitrogen and oxygen atoms in total. The van der Waals surface area contributed by atoms with E-state index in [9.17, 15) is 9.59 Å². The lowest BCUT2D eigenvalue weighted by Crippen LogP contribution is -2.48. The Morgan fingerprint density at radius 1 is 1.28 bits per heavy atom. The van der Waals surface area contributed by atoms with Crippen LogP contribution < -0.4 is 16.4 Å². The summed E-state index contributed by atoms with van der Waals surface area (Å²) in [5.74, 6) is 0.224. The predicted octanol–water partition coefficient (Wildman–Crippen LogP) is 2.34. The van der Waals surface area contributed by atoms with E-state index in [1.165, 1.54) is 0 Å². The number of nitrogens with two attached hydrogens (primary N) is 1. The van der Waals surface area contributed by atoms with E-state index >= 15 is 0 Å². The molecule has 6 heteroatoms. The highest BCUT2D eigenvalue weighted by atomic mass is 16.2. The van der Waals surface area contributed by atoms with Crippen molar-refractivity contribution in [3.63, 3.8) is 0 Å². The second-order valence-electron chi connectivity index (χ2n) is 7.14. The van der Waals surface area contributed by atoms with Gasteiger partial charge in [0.05, 0.1) is 5.92 Å². The van der Waals surface area contributed by atoms with Crippen molar-refractivity contribution in [2.75, 3.05) is 25.0 Å². The van der Waals surface area contributed by atoms with Crippen LogP contribution in [0.1, 0.15) is 32.3 Å². The molecule has 0 saturated carbocycles. The maximum absolute atomic E-state index is 12.4. The Morgan fingerprint density at radius 2 is 1.96 bits per heavy atom. The first-order chi connectivity index (χ1) is 11.9. The molecule has 0 bridgehead atoms. The Bertz CT molecular complexity index is 586. The molecule has 1 heterocycles. The lowest BCUT2D eigenvalue weighted by atomic mass is 9.95. The number of nitrogens with one attached hydrogen (secondary N) is 2. The van der Waals surface area contributed by atoms with Crippen LogP contribution in [0.5, 0.6) is 0 Å². The van der Waals surface area contributed by atoms with Crippen LogP contribution in [-0.2, 0) is 4.79 Å². The summed E-state index contributed by atoms with van der Waals surface area (Å²) in [6.07, 6.45) is 1.98. The lowest BCUT2D eigenvalue weighted by molar-refractivity contribution is -0.137. The third kappa shape index (κ3) is 5.74. The molecule has 1 aromatic carbocycles. The van der Waals surface area contributed by atoms with Crippen molar-refractivity contribution in [2.45, 2.75) is 39.7 Å². The summed E-state index contributed by atoms with van der Waals surface area (Å²) in [6.45, 7) is 7.77. The fourth-order valence-electron chi connectivity index (χ4n) is 2.99. The molecule has 3 atom stereocenters. The molecule has 3 unspecified atom stereocenters. The SMILES string of the molecule is Cc1ccc(NC(=O)NCC2CCCN(C(=O)C(C)C(C)N)C2)cc1. The third-order valence-corrected chi connectivity index (χ3v) is 4.87. The molecule has 0 spiro atoms. The molecule has 0 radical (unpaired) electrons. The number of aryl methyl sites for hydroxylation is 1. The number of nitrogens with zero attached hydrogens (tertiary/aromatic N) is 1. The molecule has 0 aliphatic carbocycles. The highest BCUT2D eigenvalue weighted by molar-refractivity contribution is 5.89. The van der Waals surface area contributed by atoms with Gasteiger partial charge in [-0.2, -0.15) is 0 Å². The van der Waals surface area contributed by atoms with Crippen LogP contribution in [0.2, 0.25) is 0 Å². The number of piperidine rings is 1. The highest BCUT2D eigenvalue weighted by Gasteiger charge is 2.28. The van der Waals surface area contributed by atoms with E-state index in [1.54, 1.807) is 0 Å². The van der Waals surface area contributed by atoms with Gasteiger partial charge in [0.1, 0.15) is 0 Å². The maximum Gasteiger partial charge on any atom is 0.319 e. The number of urea groups is 1. The van der Waals surface area contributed by atoms with Gasteiger partial charge in [0.25, 0.3) is 0 Å². The molecule has 3 amide bonds. The summed E-state index contributed by atoms with van der Waals surface area (Å²) in [7, 11) is 0. The van der Waals surface area contributed by atoms with Gasteiger partial charge in [0.15, 0.2) is 0 Å². The molecular formula is C19H30N4O2. The minimum Gasteiger partial charge on any atom is -0.342 e. The van der Waals surface area contributed by atoms with Gasteiger partial charge in [-0.25, -0.2) is 4.79 Å². The van der Waals surface area contributed by atoms with Gasteiger partial charge < -0.3 is 21.3 Å². The van der Waals surface area contributed by atoms with E-state index in [4.69, 9.17) is 5.73 Å². The summed E-state index contributed by atoms with van der Waals surface area (Å²) >= 11 is 0. The Kier molecular flexibility index (Phi) is 6.82. The zero-order valence-corrected chi connectivity index (χ0v) is 15.4. The second kappa shape index (κ2) is 8.85. The van der Waals surface area contributed by atoms with E-state index < -0.39 is 0 Å². The van der Waals surface area contributed by atoms with Gasteiger partial charge in [-0.15, -0.1) is 0 Å². The first-order valence-corrected chi connectivity index (χ1v) is 9.02. The van der Waals surface area contributed by atoms with Gasteiger partial charge in [-0.1, -0.05) is 24.6 Å². The zero-order valence-electron chi connectivity index (χ0n) is 15.4. The number of likely N-dealkylation sites (tertiary alicyclic amines) is 1. The number of amides is 3. The maximum atomic E-state index is 12.4. The second-order valence-corrected chi connectivity index (χ2v) is 7.14. The number of hydrogen-bond donors (Lipinski definition) is 3. The lowest BCUT2D eigenvalue weighted by Gasteiger charge is -2.35. The first kappa shape index (κ1) is 19.2. The van der Waals surface area contributed by atoms with Crippen molar-refractivity contribution in [3.05, 3.63) is 29.8 Å². The number of hydrogen-bond acceptors (Lipinski definition) is 3. The monoisotopic (exact) mass is 346 g/mol. The summed E-state index contributed by atoms with van der Waals surface area (Å²) in [4.78, 5) is 26.4. The molecule has 2 rings (SSSR count). The fraction of sp³-hybridized carbons (Fsp3) is 0.579. The number of carbonyl (C=O) groups excluding carboxylic acids is 2. The minimum absolute atomic E-state index is 0.115. The van der Waals surface area contributed by atoms with Crippen LogP contribution in [0.15, 0.2) is 24.3 Å². The van der Waals surface area contributed by atoms with Crippen LogP contribution in [0, 0.1) is 18.8 Å². The molecule has 0 aromatic heterocycles. The number of anilines is 1. The van der Waals surface area contributed by atoms with E-state index in [0.29, 0.717) is 13.1 Å². The average Bonchev–Trinajstić information content (AvgIpc) is 2.61. The summed E-state index contributed by atoms with van der Waals surface area (Å²) in [5.41, 5.74) is 7.77. The number of benzene rings is 1. The predicted molar refractivity (Wildman–Crippen MR) is 100 cm³/mol. The van der Waals surface area contributed by atoms with Crippen molar-refractivity contribution < 1.29 is 9.59 Å². The van der Waals surface area contributed by atoms with E-state index in [1.807, 2.05) is 49.9 Å². The van der Waals surface area contributed by atoms with Gasteiger partial charge in [0.2, 0.25) is 5.91 Å². The standard InChI is InChI=1S/C19H30N4O2/c1-13-6-8-17(9-7-13)22-19(25)21-11-16-5-4-10-23(12-16)18(24)14(2)15(3)20/h6-9,14-16H,4-5,10-12,20H2,1-3H3,(H2,21,22,25). The van der Waals surface area contributed by atoms with Gasteiger partial charge >= 0.3 is 6.03 Å². The van der Waals surface area contributed by atoms with E-state index in [2.05, 4.69) is 10.6 Å². The van der Waals surface area contributed by atoms with Crippen LogP contribution in [0.3, 0.4) is 0 Å². The first-order valence-electron chi connectivity index (χ1n) is 9.02. The summed E-state index contributed by atoms with van der Waals surface area (Å²) in [5, 5.41) is 5.74. The topological polar surface area (TPSA) is 87.5 Å². The molecule has 1 aliphatic rings. The quantitative estimate of drug-likeness (QED) is 0.765. The van der Waals surface area contributed by atoms with Crippen LogP contribution >= 0.6 is 0 Å². The van der Waals surface area contributed by atoms with Crippen molar-refractivity contribution >= 4 is 17.6 Å². The molecular weight excluding hydrogens is 316 g/mol. The average molecular weight is 346 g/mol. The van der Waals surface area contributed by atoms with Gasteiger partial charge in [-0.05, 0) is 44.7 Å². The normalized spacial score (nSPS) is 19.8. The molecule has 1 aliphatic heterocycles. The largest absolute Gasteiger partial charge is 0.342 e. The Morgan fingerprint density at radius 3 is 2.60 bits per heavy atom. The van der Waals surface area contributed by atoms with Crippen molar-refractivity contribution in [2.24, 2.45) is 17.6 Å². The molecule has 138 valence electrons. The fourth-order valence-corrected chi connectivity index (χ4v) is 2.99. The smallest absolute Gasteiger partial charge is 0.319 e. The van der Waals surface area contributed by atoms with Gasteiger partial charge in [-0.3, -0.25) is 4.79 Å². The molecule has 1 fully saturated rings. The molecule has 4 N–H and O–H groups in total. The Balaban J connectivity index is 1.79. The van der Waals surface area contributed by atoms with Gasteiger partial charge in [0, 0.05) is 31.4 Å². The molecule has 25 heavy (non-hydrogen) atoms. The number of rotatable bonds is 5. The molecule has 1 aromatic rings. The van der Waals surface area contributed by atoms with Crippen molar-refractivity contribution in [1.29, 1.82) is 0 Å². The van der Waals surface area contributed by atoms with Crippen LogP contribution in [0.4, 0.5) is 10.5 Å². The highest BCUT2D eigenvalue weighted by Crippen LogP contribution is 2.18. The Hall–Kier alpha value is -2.08. The van der Waals surface area contributed by atoms with E-state index in [-0.39, 0.29) is 29.8 Å². The summed E-state index contributed by atoms with van der Waals surface area (Å²) < 4.78 is 0. The Labute approximate surface area is 150 Å². The van der Waals surface area contributed by atoms with Crippen LogP contribution in [-0.4, -0.2) is 42.5 Å². The van der Waals surface area contributed by atoms with Crippen LogP contribution in [0.25, 0.3) is 0 Å².